The highest BCUT2D eigenvalue weighted by atomic mass is 31.2. The lowest BCUT2D eigenvalue weighted by atomic mass is 9.72. The molecular weight excluding hydrogens is 541 g/mol. The first-order chi connectivity index (χ1) is 19.1. The van der Waals surface area contributed by atoms with Gasteiger partial charge in [0.05, 0.1) is 0 Å². The molecule has 1 amide bonds. The van der Waals surface area contributed by atoms with Gasteiger partial charge < -0.3 is 14.9 Å². The second kappa shape index (κ2) is 16.7. The molecule has 9 heteroatoms. The summed E-state index contributed by atoms with van der Waals surface area (Å²) in [4.78, 5) is 41.8. The van der Waals surface area contributed by atoms with E-state index in [9.17, 15) is 19.3 Å². The molecule has 0 bridgehead atoms. The lowest BCUT2D eigenvalue weighted by Gasteiger charge is -2.32. The average Bonchev–Trinajstić information content (AvgIpc) is 2.83. The fraction of sp³-hybridized carbons (Fsp3) is 0.375. The van der Waals surface area contributed by atoms with Gasteiger partial charge >= 0.3 is 13.8 Å². The Hall–Kier alpha value is -3.45. The van der Waals surface area contributed by atoms with Crippen molar-refractivity contribution < 1.29 is 33.6 Å². The maximum atomic E-state index is 12.4. The maximum Gasteiger partial charge on any atom is 0.524 e. The summed E-state index contributed by atoms with van der Waals surface area (Å²) in [6.07, 6.45) is 16.5. The van der Waals surface area contributed by atoms with E-state index < -0.39 is 25.7 Å². The molecule has 1 aromatic carbocycles. The van der Waals surface area contributed by atoms with Crippen molar-refractivity contribution in [1.82, 2.24) is 5.32 Å². The Morgan fingerprint density at radius 1 is 1.15 bits per heavy atom. The Kier molecular flexibility index (Phi) is 14.5. The van der Waals surface area contributed by atoms with E-state index in [0.29, 0.717) is 11.1 Å². The number of phosphoric acid groups is 1. The number of rotatable bonds is 11. The molecule has 1 aromatic rings. The molecule has 0 heterocycles. The third kappa shape index (κ3) is 14.1. The maximum absolute atomic E-state index is 12.4. The van der Waals surface area contributed by atoms with Crippen LogP contribution in [0.4, 0.5) is 0 Å². The van der Waals surface area contributed by atoms with Gasteiger partial charge in [0.2, 0.25) is 5.91 Å². The van der Waals surface area contributed by atoms with Gasteiger partial charge in [-0.3, -0.25) is 14.6 Å². The number of aliphatic carboxylic acids is 1. The number of hydrogen-bond acceptors (Lipinski definition) is 4. The summed E-state index contributed by atoms with van der Waals surface area (Å²) in [6, 6.07) is 4.42. The first kappa shape index (κ1) is 35.6. The fourth-order valence-corrected chi connectivity index (χ4v) is 4.76. The molecule has 0 saturated carbocycles. The second-order valence-electron chi connectivity index (χ2n) is 10.7. The van der Waals surface area contributed by atoms with Crippen LogP contribution in [0.2, 0.25) is 0 Å². The third-order valence-electron chi connectivity index (χ3n) is 6.33. The van der Waals surface area contributed by atoms with E-state index in [1.54, 1.807) is 19.1 Å². The fourth-order valence-electron chi connectivity index (χ4n) is 4.36. The Bertz CT molecular complexity index is 1260. The van der Waals surface area contributed by atoms with Crippen molar-refractivity contribution >= 4 is 19.7 Å². The number of carboxylic acid groups (broad SMARTS) is 1. The van der Waals surface area contributed by atoms with E-state index in [2.05, 4.69) is 49.3 Å². The predicted molar refractivity (Wildman–Crippen MR) is 164 cm³/mol. The van der Waals surface area contributed by atoms with Crippen LogP contribution in [0.1, 0.15) is 66.4 Å². The zero-order chi connectivity index (χ0) is 31.2. The number of carbonyl (C=O) groups is 2. The minimum atomic E-state index is -4.68. The summed E-state index contributed by atoms with van der Waals surface area (Å²) < 4.78 is 15.4. The Morgan fingerprint density at radius 3 is 2.29 bits per heavy atom. The molecule has 1 unspecified atom stereocenters. The number of allylic oxidation sites excluding steroid dienone is 10. The molecule has 1 atom stereocenters. The smallest absolute Gasteiger partial charge is 0.480 e. The lowest BCUT2D eigenvalue weighted by molar-refractivity contribution is -0.141. The molecule has 41 heavy (non-hydrogen) atoms. The topological polar surface area (TPSA) is 133 Å². The highest BCUT2D eigenvalue weighted by Gasteiger charge is 2.26. The summed E-state index contributed by atoms with van der Waals surface area (Å²) in [5, 5.41) is 12.0. The minimum Gasteiger partial charge on any atom is -0.480 e. The van der Waals surface area contributed by atoms with Crippen LogP contribution in [0.25, 0.3) is 0 Å². The summed E-state index contributed by atoms with van der Waals surface area (Å²) in [6.45, 7) is 15.8. The van der Waals surface area contributed by atoms with Crippen molar-refractivity contribution in [2.45, 2.75) is 73.3 Å². The molecule has 1 aliphatic carbocycles. The zero-order valence-corrected chi connectivity index (χ0v) is 25.8. The van der Waals surface area contributed by atoms with Gasteiger partial charge in [0.1, 0.15) is 11.8 Å². The normalized spacial score (nSPS) is 16.7. The van der Waals surface area contributed by atoms with Crippen LogP contribution in [0.5, 0.6) is 5.75 Å². The summed E-state index contributed by atoms with van der Waals surface area (Å²) in [7, 11) is -4.68. The van der Waals surface area contributed by atoms with E-state index in [1.807, 2.05) is 26.0 Å². The highest BCUT2D eigenvalue weighted by molar-refractivity contribution is 7.46. The largest absolute Gasteiger partial charge is 0.524 e. The van der Waals surface area contributed by atoms with Gasteiger partial charge in [-0.2, -0.15) is 0 Å². The van der Waals surface area contributed by atoms with Crippen LogP contribution in [-0.2, 0) is 20.6 Å². The van der Waals surface area contributed by atoms with Crippen LogP contribution in [0, 0.1) is 5.41 Å². The molecule has 2 rings (SSSR count). The van der Waals surface area contributed by atoms with Crippen molar-refractivity contribution in [1.29, 1.82) is 0 Å². The van der Waals surface area contributed by atoms with E-state index in [1.165, 1.54) is 54.3 Å². The van der Waals surface area contributed by atoms with E-state index >= 15 is 0 Å². The highest BCUT2D eigenvalue weighted by Crippen LogP contribution is 2.41. The molecule has 0 fully saturated rings. The van der Waals surface area contributed by atoms with Gasteiger partial charge in [-0.1, -0.05) is 73.6 Å². The molecule has 0 radical (unpaired) electrons. The van der Waals surface area contributed by atoms with Crippen LogP contribution >= 0.6 is 7.82 Å². The number of phosphoric ester groups is 1. The molecule has 0 spiro atoms. The molecule has 0 saturated heterocycles. The van der Waals surface area contributed by atoms with Gasteiger partial charge in [0.15, 0.2) is 0 Å². The predicted octanol–water partition coefficient (Wildman–Crippen LogP) is 6.99. The Labute approximate surface area is 244 Å². The molecule has 1 aliphatic rings. The number of carboxylic acids is 1. The van der Waals surface area contributed by atoms with Crippen LogP contribution < -0.4 is 9.84 Å². The van der Waals surface area contributed by atoms with Gasteiger partial charge in [-0.25, -0.2) is 9.36 Å². The number of amides is 1. The summed E-state index contributed by atoms with van der Waals surface area (Å²) in [5.41, 5.74) is 5.29. The van der Waals surface area contributed by atoms with Gasteiger partial charge in [0.25, 0.3) is 0 Å². The number of carbonyl (C=O) groups excluding carboxylic acids is 1. The van der Waals surface area contributed by atoms with Crippen molar-refractivity contribution in [3.8, 4) is 5.75 Å². The van der Waals surface area contributed by atoms with Crippen molar-refractivity contribution in [2.75, 3.05) is 0 Å². The molecule has 8 nitrogen and oxygen atoms in total. The van der Waals surface area contributed by atoms with Crippen molar-refractivity contribution in [2.24, 2.45) is 5.41 Å². The van der Waals surface area contributed by atoms with Crippen LogP contribution in [0.15, 0.2) is 95.7 Å². The number of benzene rings is 1. The third-order valence-corrected chi connectivity index (χ3v) is 6.78. The molecule has 0 aliphatic heterocycles. The Morgan fingerprint density at radius 2 is 1.76 bits per heavy atom. The summed E-state index contributed by atoms with van der Waals surface area (Å²) in [5.74, 6) is -1.79. The zero-order valence-electron chi connectivity index (χ0n) is 24.9. The minimum absolute atomic E-state index is 0.0129. The standard InChI is InChI=1S/C29H38NO7P.C3H6/c1-20(11-16-25-22(3)10-7-17-29(25,4)5)8-6-9-21(2)18-27(31)30-26(28(32)33)19-23-12-14-24(15-13-23)37-38(34,35)36;1-3-2/h6,8-9,11-16,18,26H,7,10,17,19H2,1-5H3,(H,30,31)(H,32,33)(H2,34,35,36);3H,1H2,2H3/b9-6+,16-11+,20-8+,21-18+;. The first-order valence-electron chi connectivity index (χ1n) is 13.4. The van der Waals surface area contributed by atoms with Crippen molar-refractivity contribution in [3.05, 3.63) is 101 Å². The second-order valence-corrected chi connectivity index (χ2v) is 11.8. The summed E-state index contributed by atoms with van der Waals surface area (Å²) >= 11 is 0. The molecule has 4 N–H and O–H groups in total. The SMILES string of the molecule is C=CC.CC1=C(/C=C/C(C)=C/C=C/C(C)=C/C(=O)NC(Cc2ccc(OP(=O)(O)O)cc2)C(=O)O)C(C)(C)CCC1. The Balaban J connectivity index is 0.00000268. The van der Waals surface area contributed by atoms with E-state index in [-0.39, 0.29) is 17.6 Å². The first-order valence-corrected chi connectivity index (χ1v) is 15.0. The van der Waals surface area contributed by atoms with Gasteiger partial charge in [-0.15, -0.1) is 6.58 Å². The van der Waals surface area contributed by atoms with E-state index in [0.717, 1.165) is 12.0 Å². The quantitative estimate of drug-likeness (QED) is 0.0952. The molecular formula is C32H44NO7P. The molecule has 0 aromatic heterocycles. The number of nitrogens with one attached hydrogen (secondary N) is 1. The number of hydrogen-bond donors (Lipinski definition) is 4. The van der Waals surface area contributed by atoms with Crippen molar-refractivity contribution in [3.63, 3.8) is 0 Å². The lowest BCUT2D eigenvalue weighted by Crippen LogP contribution is -2.41. The van der Waals surface area contributed by atoms with E-state index in [4.69, 9.17) is 9.79 Å². The monoisotopic (exact) mass is 585 g/mol. The van der Waals surface area contributed by atoms with Crippen LogP contribution in [-0.4, -0.2) is 32.8 Å². The van der Waals surface area contributed by atoms with Gasteiger partial charge in [0, 0.05) is 12.5 Å². The van der Waals surface area contributed by atoms with Gasteiger partial charge in [-0.05, 0) is 81.2 Å². The molecule has 224 valence electrons. The van der Waals surface area contributed by atoms with Crippen LogP contribution in [0.3, 0.4) is 0 Å². The average molecular weight is 586 g/mol.